The molecule has 0 N–H and O–H groups in total. The van der Waals surface area contributed by atoms with Crippen LogP contribution in [-0.2, 0) is 28.6 Å². The van der Waals surface area contributed by atoms with Crippen LogP contribution in [0.2, 0.25) is 0 Å². The topological polar surface area (TPSA) is 78.9 Å². The van der Waals surface area contributed by atoms with E-state index in [4.69, 9.17) is 14.2 Å². The number of hydrogen-bond donors (Lipinski definition) is 0. The lowest BCUT2D eigenvalue weighted by Crippen LogP contribution is -2.30. The van der Waals surface area contributed by atoms with Crippen molar-refractivity contribution in [3.05, 3.63) is 72.9 Å². The zero-order valence-electron chi connectivity index (χ0n) is 45.6. The maximum atomic E-state index is 12.9. The lowest BCUT2D eigenvalue weighted by molar-refractivity contribution is -0.167. The maximum absolute atomic E-state index is 12.9. The fraction of sp³-hybridized carbons (Fsp3) is 0.762. The molecule has 1 unspecified atom stereocenters. The number of esters is 3. The molecule has 0 bridgehead atoms. The van der Waals surface area contributed by atoms with E-state index >= 15 is 0 Å². The van der Waals surface area contributed by atoms with Gasteiger partial charge in [0, 0.05) is 19.3 Å². The minimum Gasteiger partial charge on any atom is -0.462 e. The van der Waals surface area contributed by atoms with Crippen LogP contribution in [0, 0.1) is 0 Å². The van der Waals surface area contributed by atoms with Crippen LogP contribution in [0.5, 0.6) is 0 Å². The van der Waals surface area contributed by atoms with Crippen molar-refractivity contribution in [2.75, 3.05) is 13.2 Å². The minimum atomic E-state index is -0.785. The van der Waals surface area contributed by atoms with Crippen molar-refractivity contribution >= 4 is 17.9 Å². The van der Waals surface area contributed by atoms with Crippen LogP contribution < -0.4 is 0 Å². The molecule has 0 saturated carbocycles. The molecule has 69 heavy (non-hydrogen) atoms. The van der Waals surface area contributed by atoms with Gasteiger partial charge in [0.2, 0.25) is 0 Å². The van der Waals surface area contributed by atoms with Crippen molar-refractivity contribution in [1.82, 2.24) is 0 Å². The number of hydrogen-bond acceptors (Lipinski definition) is 6. The molecule has 0 fully saturated rings. The van der Waals surface area contributed by atoms with Crippen molar-refractivity contribution < 1.29 is 28.6 Å². The second-order valence-electron chi connectivity index (χ2n) is 19.7. The third-order valence-corrected chi connectivity index (χ3v) is 12.8. The summed E-state index contributed by atoms with van der Waals surface area (Å²) in [7, 11) is 0. The van der Waals surface area contributed by atoms with Gasteiger partial charge in [-0.3, -0.25) is 14.4 Å². The molecule has 0 aromatic carbocycles. The Morgan fingerprint density at radius 3 is 0.928 bits per heavy atom. The zero-order chi connectivity index (χ0) is 50.0. The molecule has 0 amide bonds. The molecule has 6 heteroatoms. The highest BCUT2D eigenvalue weighted by molar-refractivity contribution is 5.71. The quantitative estimate of drug-likeness (QED) is 0.0262. The minimum absolute atomic E-state index is 0.0827. The van der Waals surface area contributed by atoms with E-state index in [9.17, 15) is 14.4 Å². The molecule has 6 nitrogen and oxygen atoms in total. The summed E-state index contributed by atoms with van der Waals surface area (Å²) in [6.07, 6.45) is 73.2. The Balaban J connectivity index is 4.38. The predicted octanol–water partition coefficient (Wildman–Crippen LogP) is 19.8. The van der Waals surface area contributed by atoms with Gasteiger partial charge in [0.05, 0.1) is 0 Å². The van der Waals surface area contributed by atoms with E-state index in [0.717, 1.165) is 83.5 Å². The number of allylic oxidation sites excluding steroid dienone is 12. The second-order valence-corrected chi connectivity index (χ2v) is 19.7. The molecule has 0 aromatic rings. The van der Waals surface area contributed by atoms with Crippen molar-refractivity contribution in [2.45, 2.75) is 297 Å². The normalized spacial score (nSPS) is 12.6. The van der Waals surface area contributed by atoms with Gasteiger partial charge in [-0.1, -0.05) is 280 Å². The van der Waals surface area contributed by atoms with Gasteiger partial charge in [0.25, 0.3) is 0 Å². The van der Waals surface area contributed by atoms with Gasteiger partial charge < -0.3 is 14.2 Å². The van der Waals surface area contributed by atoms with Gasteiger partial charge in [-0.25, -0.2) is 0 Å². The van der Waals surface area contributed by atoms with Crippen LogP contribution >= 0.6 is 0 Å². The highest BCUT2D eigenvalue weighted by Crippen LogP contribution is 2.16. The highest BCUT2D eigenvalue weighted by atomic mass is 16.6. The molecule has 0 radical (unpaired) electrons. The van der Waals surface area contributed by atoms with E-state index in [0.29, 0.717) is 19.3 Å². The molecule has 0 heterocycles. The van der Waals surface area contributed by atoms with Gasteiger partial charge >= 0.3 is 17.9 Å². The third kappa shape index (κ3) is 55.6. The van der Waals surface area contributed by atoms with Gasteiger partial charge in [-0.15, -0.1) is 0 Å². The van der Waals surface area contributed by atoms with E-state index in [-0.39, 0.29) is 31.1 Å². The van der Waals surface area contributed by atoms with Crippen LogP contribution in [0.4, 0.5) is 0 Å². The first-order valence-electron chi connectivity index (χ1n) is 29.5. The number of unbranched alkanes of at least 4 members (excludes halogenated alkanes) is 34. The number of carbonyl (C=O) groups excluding carboxylic acids is 3. The summed E-state index contributed by atoms with van der Waals surface area (Å²) in [5.74, 6) is -0.897. The summed E-state index contributed by atoms with van der Waals surface area (Å²) < 4.78 is 16.9. The van der Waals surface area contributed by atoms with E-state index in [1.165, 1.54) is 167 Å². The molecule has 0 aromatic heterocycles. The monoisotopic (exact) mass is 963 g/mol. The highest BCUT2D eigenvalue weighted by Gasteiger charge is 2.19. The Labute approximate surface area is 427 Å². The van der Waals surface area contributed by atoms with Gasteiger partial charge in [-0.2, -0.15) is 0 Å². The van der Waals surface area contributed by atoms with Crippen LogP contribution in [0.25, 0.3) is 0 Å². The van der Waals surface area contributed by atoms with Crippen LogP contribution in [-0.4, -0.2) is 37.2 Å². The summed E-state index contributed by atoms with van der Waals surface area (Å²) >= 11 is 0. The Kier molecular flexibility index (Phi) is 54.8. The van der Waals surface area contributed by atoms with Crippen LogP contribution in [0.3, 0.4) is 0 Å². The SMILES string of the molecule is CC\C=C/C=C\C=C/C=C\CCCCCCCC(=O)OCC(COC(=O)CCCCCCCCCCCC/C=C\C=C/CCCCC)OC(=O)CCCCCCCCCCCCCCCCCCC. The molecule has 0 aliphatic heterocycles. The van der Waals surface area contributed by atoms with E-state index in [2.05, 4.69) is 75.5 Å². The van der Waals surface area contributed by atoms with Crippen LogP contribution in [0.1, 0.15) is 290 Å². The van der Waals surface area contributed by atoms with Gasteiger partial charge in [0.15, 0.2) is 6.10 Å². The van der Waals surface area contributed by atoms with Crippen molar-refractivity contribution in [2.24, 2.45) is 0 Å². The third-order valence-electron chi connectivity index (χ3n) is 12.8. The number of carbonyl (C=O) groups is 3. The van der Waals surface area contributed by atoms with Crippen LogP contribution in [0.15, 0.2) is 72.9 Å². The standard InChI is InChI=1S/C63H110O6/c1-4-7-10-13-16-19-22-25-28-30-31-33-35-38-41-44-47-50-53-56-62(65)68-59-60(58-67-61(64)55-52-49-46-43-40-37-34-27-24-21-18-15-12-9-6-3)69-63(66)57-54-51-48-45-42-39-36-32-29-26-23-20-17-14-11-8-5-2/h9,12,15-16,18-19,21-22,24-25,27,34,60H,4-8,10-11,13-14,17,20,23,26,28-33,35-59H2,1-3H3/b12-9-,18-15-,19-16-,24-21-,25-22-,34-27-. The molecular formula is C63H110O6. The smallest absolute Gasteiger partial charge is 0.306 e. The molecule has 0 aliphatic carbocycles. The van der Waals surface area contributed by atoms with E-state index < -0.39 is 6.10 Å². The van der Waals surface area contributed by atoms with Gasteiger partial charge in [0.1, 0.15) is 13.2 Å². The van der Waals surface area contributed by atoms with Gasteiger partial charge in [-0.05, 0) is 64.2 Å². The Morgan fingerprint density at radius 1 is 0.304 bits per heavy atom. The van der Waals surface area contributed by atoms with E-state index in [1.807, 2.05) is 18.2 Å². The molecule has 0 aliphatic rings. The molecule has 0 saturated heterocycles. The first-order valence-corrected chi connectivity index (χ1v) is 29.5. The Bertz CT molecular complexity index is 1290. The summed E-state index contributed by atoms with van der Waals surface area (Å²) in [5, 5.41) is 0. The first kappa shape index (κ1) is 65.8. The van der Waals surface area contributed by atoms with Crippen molar-refractivity contribution in [1.29, 1.82) is 0 Å². The molecule has 1 atom stereocenters. The summed E-state index contributed by atoms with van der Waals surface area (Å²) in [6, 6.07) is 0. The largest absolute Gasteiger partial charge is 0.462 e. The lowest BCUT2D eigenvalue weighted by Gasteiger charge is -2.18. The average Bonchev–Trinajstić information content (AvgIpc) is 3.35. The maximum Gasteiger partial charge on any atom is 0.306 e. The Hall–Kier alpha value is -3.15. The fourth-order valence-electron chi connectivity index (χ4n) is 8.39. The van der Waals surface area contributed by atoms with Crippen molar-refractivity contribution in [3.63, 3.8) is 0 Å². The zero-order valence-corrected chi connectivity index (χ0v) is 45.6. The Morgan fingerprint density at radius 2 is 0.565 bits per heavy atom. The molecule has 398 valence electrons. The average molecular weight is 964 g/mol. The summed E-state index contributed by atoms with van der Waals surface area (Å²) in [6.45, 7) is 6.48. The lowest BCUT2D eigenvalue weighted by atomic mass is 10.0. The van der Waals surface area contributed by atoms with Crippen molar-refractivity contribution in [3.8, 4) is 0 Å². The fourth-order valence-corrected chi connectivity index (χ4v) is 8.39. The molecule has 0 rings (SSSR count). The predicted molar refractivity (Wildman–Crippen MR) is 298 cm³/mol. The summed E-state index contributed by atoms with van der Waals surface area (Å²) in [5.41, 5.74) is 0. The van der Waals surface area contributed by atoms with E-state index in [1.54, 1.807) is 0 Å². The number of rotatable bonds is 53. The molecule has 0 spiro atoms. The molecular weight excluding hydrogens is 853 g/mol. The first-order chi connectivity index (χ1) is 34.0. The summed E-state index contributed by atoms with van der Waals surface area (Å²) in [4.78, 5) is 38.2. The second kappa shape index (κ2) is 57.4. The number of ether oxygens (including phenoxy) is 3.